The van der Waals surface area contributed by atoms with Gasteiger partial charge in [-0.2, -0.15) is 8.78 Å². The Morgan fingerprint density at radius 3 is 2.56 bits per heavy atom. The third-order valence-corrected chi connectivity index (χ3v) is 4.13. The molecule has 2 aromatic carbocycles. The predicted molar refractivity (Wildman–Crippen MR) is 87.3 cm³/mol. The van der Waals surface area contributed by atoms with Crippen molar-refractivity contribution in [2.75, 3.05) is 0 Å². The zero-order chi connectivity index (χ0) is 18.1. The molecule has 130 valence electrons. The summed E-state index contributed by atoms with van der Waals surface area (Å²) in [5.74, 6) is -1.64. The van der Waals surface area contributed by atoms with Gasteiger partial charge >= 0.3 is 6.61 Å². The molecule has 0 unspecified atom stereocenters. The van der Waals surface area contributed by atoms with Gasteiger partial charge in [-0.1, -0.05) is 29.8 Å². The van der Waals surface area contributed by atoms with Crippen molar-refractivity contribution in [2.24, 2.45) is 0 Å². The summed E-state index contributed by atoms with van der Waals surface area (Å²) in [4.78, 5) is 3.89. The third-order valence-electron chi connectivity index (χ3n) is 3.90. The first kappa shape index (κ1) is 17.5. The summed E-state index contributed by atoms with van der Waals surface area (Å²) in [7, 11) is 0. The number of aromatic nitrogens is 1. The lowest BCUT2D eigenvalue weighted by Gasteiger charge is -2.15. The van der Waals surface area contributed by atoms with E-state index in [1.807, 2.05) is 0 Å². The minimum absolute atomic E-state index is 0.0453. The van der Waals surface area contributed by atoms with E-state index in [0.29, 0.717) is 10.9 Å². The van der Waals surface area contributed by atoms with Gasteiger partial charge in [0.1, 0.15) is 17.2 Å². The maximum Gasteiger partial charge on any atom is 0.388 e. The van der Waals surface area contributed by atoms with Gasteiger partial charge in [-0.3, -0.25) is 0 Å². The Hall–Kier alpha value is -2.34. The molecule has 0 saturated carbocycles. The highest BCUT2D eigenvalue weighted by Crippen LogP contribution is 2.32. The summed E-state index contributed by atoms with van der Waals surface area (Å²) >= 11 is 5.73. The standard InChI is InChI=1S/C18H12ClF4NO/c1-9-12-3-2-4-14(20)16(12)24-17(25-18(22)23)13(9)7-10-5-6-11(19)8-15(10)21/h2-6,8,18H,7H2,1H3. The van der Waals surface area contributed by atoms with Crippen molar-refractivity contribution >= 4 is 22.5 Å². The first-order chi connectivity index (χ1) is 11.9. The number of para-hydroxylation sites is 1. The van der Waals surface area contributed by atoms with Crippen molar-refractivity contribution in [1.82, 2.24) is 4.98 Å². The molecule has 0 N–H and O–H groups in total. The Morgan fingerprint density at radius 2 is 1.88 bits per heavy atom. The lowest BCUT2D eigenvalue weighted by atomic mass is 9.98. The van der Waals surface area contributed by atoms with Crippen molar-refractivity contribution in [3.05, 3.63) is 69.7 Å². The zero-order valence-electron chi connectivity index (χ0n) is 13.0. The number of pyridine rings is 1. The van der Waals surface area contributed by atoms with Gasteiger partial charge < -0.3 is 4.74 Å². The number of hydrogen-bond donors (Lipinski definition) is 0. The SMILES string of the molecule is Cc1c(Cc2ccc(Cl)cc2F)c(OC(F)F)nc2c(F)cccc12. The third kappa shape index (κ3) is 3.54. The highest BCUT2D eigenvalue weighted by Gasteiger charge is 2.19. The quantitative estimate of drug-likeness (QED) is 0.553. The molecule has 1 heterocycles. The Morgan fingerprint density at radius 1 is 1.12 bits per heavy atom. The van der Waals surface area contributed by atoms with Crippen molar-refractivity contribution in [3.63, 3.8) is 0 Å². The van der Waals surface area contributed by atoms with Crippen LogP contribution in [0.4, 0.5) is 17.6 Å². The monoisotopic (exact) mass is 369 g/mol. The summed E-state index contributed by atoms with van der Waals surface area (Å²) in [5.41, 5.74) is 0.925. The molecule has 7 heteroatoms. The van der Waals surface area contributed by atoms with Crippen molar-refractivity contribution in [2.45, 2.75) is 20.0 Å². The number of halogens is 5. The zero-order valence-corrected chi connectivity index (χ0v) is 13.7. The molecule has 3 rings (SSSR count). The molecule has 2 nitrogen and oxygen atoms in total. The van der Waals surface area contributed by atoms with Gasteiger partial charge in [0.05, 0.1) is 0 Å². The lowest BCUT2D eigenvalue weighted by Crippen LogP contribution is -2.09. The van der Waals surface area contributed by atoms with Crippen LogP contribution in [0.25, 0.3) is 10.9 Å². The van der Waals surface area contributed by atoms with E-state index in [0.717, 1.165) is 6.07 Å². The first-order valence-corrected chi connectivity index (χ1v) is 7.71. The van der Waals surface area contributed by atoms with Gasteiger partial charge in [0.25, 0.3) is 0 Å². The number of alkyl halides is 2. The molecule has 0 aliphatic rings. The van der Waals surface area contributed by atoms with E-state index in [4.69, 9.17) is 11.6 Å². The molecule has 0 amide bonds. The number of ether oxygens (including phenoxy) is 1. The van der Waals surface area contributed by atoms with Crippen LogP contribution >= 0.6 is 11.6 Å². The molecule has 0 saturated heterocycles. The Kier molecular flexibility index (Phi) is 4.81. The average molecular weight is 370 g/mol. The van der Waals surface area contributed by atoms with E-state index < -0.39 is 24.1 Å². The molecule has 0 aliphatic heterocycles. The fourth-order valence-electron chi connectivity index (χ4n) is 2.67. The van der Waals surface area contributed by atoms with E-state index in [-0.39, 0.29) is 28.1 Å². The number of nitrogens with zero attached hydrogens (tertiary/aromatic N) is 1. The number of hydrogen-bond acceptors (Lipinski definition) is 2. The average Bonchev–Trinajstić information content (AvgIpc) is 2.53. The molecule has 3 aromatic rings. The number of benzene rings is 2. The van der Waals surface area contributed by atoms with Crippen LogP contribution in [0.15, 0.2) is 36.4 Å². The van der Waals surface area contributed by atoms with Gasteiger partial charge in [-0.05, 0) is 36.2 Å². The Balaban J connectivity index is 2.19. The molecular weight excluding hydrogens is 358 g/mol. The molecule has 25 heavy (non-hydrogen) atoms. The minimum atomic E-state index is -3.13. The fourth-order valence-corrected chi connectivity index (χ4v) is 2.83. The Labute approximate surface area is 146 Å². The van der Waals surface area contributed by atoms with Crippen LogP contribution in [0.2, 0.25) is 5.02 Å². The Bertz CT molecular complexity index is 946. The van der Waals surface area contributed by atoms with Gasteiger partial charge in [0.15, 0.2) is 0 Å². The van der Waals surface area contributed by atoms with E-state index in [2.05, 4.69) is 9.72 Å². The minimum Gasteiger partial charge on any atom is -0.417 e. The maximum atomic E-state index is 14.1. The summed E-state index contributed by atoms with van der Waals surface area (Å²) in [6.45, 7) is -1.50. The van der Waals surface area contributed by atoms with Crippen LogP contribution in [-0.2, 0) is 6.42 Å². The smallest absolute Gasteiger partial charge is 0.388 e. The molecule has 0 atom stereocenters. The second-order valence-electron chi connectivity index (χ2n) is 5.45. The fraction of sp³-hybridized carbons (Fsp3) is 0.167. The highest BCUT2D eigenvalue weighted by atomic mass is 35.5. The normalized spacial score (nSPS) is 11.3. The highest BCUT2D eigenvalue weighted by molar-refractivity contribution is 6.30. The van der Waals surface area contributed by atoms with Crippen molar-refractivity contribution in [3.8, 4) is 5.88 Å². The summed E-state index contributed by atoms with van der Waals surface area (Å²) in [6.07, 6.45) is -0.0453. The first-order valence-electron chi connectivity index (χ1n) is 7.33. The van der Waals surface area contributed by atoms with Crippen LogP contribution in [0.1, 0.15) is 16.7 Å². The predicted octanol–water partition coefficient (Wildman–Crippen LogP) is 5.67. The molecular formula is C18H12ClF4NO. The van der Waals surface area contributed by atoms with Crippen molar-refractivity contribution in [1.29, 1.82) is 0 Å². The molecule has 1 aromatic heterocycles. The van der Waals surface area contributed by atoms with Gasteiger partial charge in [0, 0.05) is 22.4 Å². The number of aryl methyl sites for hydroxylation is 1. The molecule has 0 fully saturated rings. The maximum absolute atomic E-state index is 14.1. The van der Waals surface area contributed by atoms with E-state index in [1.165, 1.54) is 24.3 Å². The molecule has 0 spiro atoms. The number of rotatable bonds is 4. The second-order valence-corrected chi connectivity index (χ2v) is 5.88. The van der Waals surface area contributed by atoms with E-state index >= 15 is 0 Å². The molecule has 0 radical (unpaired) electrons. The van der Waals surface area contributed by atoms with Gasteiger partial charge in [0.2, 0.25) is 5.88 Å². The van der Waals surface area contributed by atoms with Crippen LogP contribution in [-0.4, -0.2) is 11.6 Å². The van der Waals surface area contributed by atoms with Gasteiger partial charge in [-0.15, -0.1) is 0 Å². The summed E-state index contributed by atoms with van der Waals surface area (Å²) < 4.78 is 58.0. The molecule has 0 aliphatic carbocycles. The van der Waals surface area contributed by atoms with Crippen LogP contribution in [0, 0.1) is 18.6 Å². The number of fused-ring (bicyclic) bond motifs is 1. The van der Waals surface area contributed by atoms with Gasteiger partial charge in [-0.25, -0.2) is 13.8 Å². The topological polar surface area (TPSA) is 22.1 Å². The van der Waals surface area contributed by atoms with E-state index in [1.54, 1.807) is 13.0 Å². The largest absolute Gasteiger partial charge is 0.417 e. The van der Waals surface area contributed by atoms with E-state index in [9.17, 15) is 17.6 Å². The van der Waals surface area contributed by atoms with Crippen LogP contribution in [0.5, 0.6) is 5.88 Å². The van der Waals surface area contributed by atoms with Crippen molar-refractivity contribution < 1.29 is 22.3 Å². The van der Waals surface area contributed by atoms with Crippen LogP contribution < -0.4 is 4.74 Å². The summed E-state index contributed by atoms with van der Waals surface area (Å²) in [6, 6.07) is 8.38. The lowest BCUT2D eigenvalue weighted by molar-refractivity contribution is -0.0532. The summed E-state index contributed by atoms with van der Waals surface area (Å²) in [5, 5.41) is 0.673. The second kappa shape index (κ2) is 6.88. The molecule has 0 bridgehead atoms. The van der Waals surface area contributed by atoms with Crippen LogP contribution in [0.3, 0.4) is 0 Å².